The van der Waals surface area contributed by atoms with Crippen molar-refractivity contribution in [3.8, 4) is 16.9 Å². The predicted octanol–water partition coefficient (Wildman–Crippen LogP) is 3.60. The molecule has 19 heavy (non-hydrogen) atoms. The molecule has 0 amide bonds. The molecule has 8 heteroatoms. The van der Waals surface area contributed by atoms with E-state index in [1.165, 1.54) is 12.3 Å². The number of ether oxygens (including phenoxy) is 1. The van der Waals surface area contributed by atoms with E-state index in [9.17, 15) is 13.2 Å². The van der Waals surface area contributed by atoms with Gasteiger partial charge in [0.05, 0.1) is 29.5 Å². The third kappa shape index (κ3) is 2.46. The molecule has 0 unspecified atom stereocenters. The van der Waals surface area contributed by atoms with Gasteiger partial charge in [0.1, 0.15) is 5.75 Å². The highest BCUT2D eigenvalue weighted by atomic mass is 35.5. The van der Waals surface area contributed by atoms with Crippen LogP contribution in [0.5, 0.6) is 5.75 Å². The number of nitrogens with two attached hydrogens (primary N) is 1. The number of alkyl halides is 3. The zero-order valence-corrected chi connectivity index (χ0v) is 10.3. The number of nitrogen functional groups attached to an aromatic ring is 1. The molecule has 0 aliphatic carbocycles. The lowest BCUT2D eigenvalue weighted by Gasteiger charge is -2.14. The van der Waals surface area contributed by atoms with Crippen LogP contribution in [0.4, 0.5) is 19.1 Å². The number of benzene rings is 1. The standard InChI is InChI=1S/C11H8ClF3N2O2/c1-18-9-7(11(13,14)15)2-5(3-8(9)12)6-4-17-19-10(6)16/h2-4H,16H2,1H3. The highest BCUT2D eigenvalue weighted by Crippen LogP contribution is 2.43. The first kappa shape index (κ1) is 13.5. The van der Waals surface area contributed by atoms with Gasteiger partial charge in [0.2, 0.25) is 5.88 Å². The van der Waals surface area contributed by atoms with E-state index in [2.05, 4.69) is 14.4 Å². The fourth-order valence-corrected chi connectivity index (χ4v) is 1.93. The Hall–Kier alpha value is -1.89. The first-order valence-electron chi connectivity index (χ1n) is 5.00. The summed E-state index contributed by atoms with van der Waals surface area (Å²) in [5.74, 6) is -0.526. The maximum atomic E-state index is 12.9. The molecule has 0 fully saturated rings. The molecule has 1 aromatic carbocycles. The van der Waals surface area contributed by atoms with Crippen LogP contribution in [-0.4, -0.2) is 12.3 Å². The van der Waals surface area contributed by atoms with Gasteiger partial charge in [-0.05, 0) is 17.7 Å². The molecule has 102 valence electrons. The lowest BCUT2D eigenvalue weighted by atomic mass is 10.0. The van der Waals surface area contributed by atoms with E-state index in [-0.39, 0.29) is 22.0 Å². The van der Waals surface area contributed by atoms with E-state index in [1.54, 1.807) is 0 Å². The number of anilines is 1. The van der Waals surface area contributed by atoms with Crippen molar-refractivity contribution in [3.05, 3.63) is 28.9 Å². The van der Waals surface area contributed by atoms with Gasteiger partial charge in [0.25, 0.3) is 0 Å². The van der Waals surface area contributed by atoms with Crippen molar-refractivity contribution < 1.29 is 22.4 Å². The van der Waals surface area contributed by atoms with Crippen LogP contribution in [-0.2, 0) is 6.18 Å². The zero-order valence-electron chi connectivity index (χ0n) is 9.58. The molecular weight excluding hydrogens is 285 g/mol. The molecule has 0 aliphatic rings. The second-order valence-electron chi connectivity index (χ2n) is 3.64. The van der Waals surface area contributed by atoms with Gasteiger partial charge in [-0.3, -0.25) is 0 Å². The molecule has 0 bridgehead atoms. The lowest BCUT2D eigenvalue weighted by Crippen LogP contribution is -2.08. The van der Waals surface area contributed by atoms with Gasteiger partial charge in [0, 0.05) is 0 Å². The number of rotatable bonds is 2. The van der Waals surface area contributed by atoms with Crippen molar-refractivity contribution in [3.63, 3.8) is 0 Å². The number of hydrogen-bond acceptors (Lipinski definition) is 4. The van der Waals surface area contributed by atoms with Crippen molar-refractivity contribution in [2.45, 2.75) is 6.18 Å². The lowest BCUT2D eigenvalue weighted by molar-refractivity contribution is -0.138. The maximum absolute atomic E-state index is 12.9. The Bertz CT molecular complexity index is 610. The van der Waals surface area contributed by atoms with E-state index < -0.39 is 17.5 Å². The summed E-state index contributed by atoms with van der Waals surface area (Å²) in [6, 6.07) is 2.19. The molecule has 4 nitrogen and oxygen atoms in total. The number of hydrogen-bond donors (Lipinski definition) is 1. The zero-order chi connectivity index (χ0) is 14.2. The van der Waals surface area contributed by atoms with Gasteiger partial charge in [-0.15, -0.1) is 0 Å². The van der Waals surface area contributed by atoms with E-state index in [0.717, 1.165) is 13.2 Å². The predicted molar refractivity (Wildman–Crippen MR) is 62.9 cm³/mol. The molecule has 0 spiro atoms. The number of methoxy groups -OCH3 is 1. The second-order valence-corrected chi connectivity index (χ2v) is 4.05. The van der Waals surface area contributed by atoms with Crippen LogP contribution in [0.15, 0.2) is 22.9 Å². The van der Waals surface area contributed by atoms with Crippen molar-refractivity contribution in [2.75, 3.05) is 12.8 Å². The van der Waals surface area contributed by atoms with Gasteiger partial charge < -0.3 is 15.0 Å². The van der Waals surface area contributed by atoms with Crippen molar-refractivity contribution in [1.29, 1.82) is 0 Å². The van der Waals surface area contributed by atoms with Gasteiger partial charge in [-0.25, -0.2) is 0 Å². The van der Waals surface area contributed by atoms with Crippen LogP contribution in [0.1, 0.15) is 5.56 Å². The first-order chi connectivity index (χ1) is 8.84. The van der Waals surface area contributed by atoms with Crippen LogP contribution in [0.2, 0.25) is 5.02 Å². The van der Waals surface area contributed by atoms with Gasteiger partial charge in [-0.1, -0.05) is 16.8 Å². The maximum Gasteiger partial charge on any atom is 0.420 e. The van der Waals surface area contributed by atoms with Crippen LogP contribution >= 0.6 is 11.6 Å². The van der Waals surface area contributed by atoms with Crippen LogP contribution in [0.25, 0.3) is 11.1 Å². The van der Waals surface area contributed by atoms with Crippen molar-refractivity contribution >= 4 is 17.5 Å². The SMILES string of the molecule is COc1c(Cl)cc(-c2cnoc2N)cc1C(F)(F)F. The summed E-state index contributed by atoms with van der Waals surface area (Å²) in [6.07, 6.45) is -3.38. The topological polar surface area (TPSA) is 61.3 Å². The third-order valence-electron chi connectivity index (χ3n) is 2.46. The van der Waals surface area contributed by atoms with E-state index in [1.807, 2.05) is 0 Å². The van der Waals surface area contributed by atoms with Gasteiger partial charge >= 0.3 is 6.18 Å². The Balaban J connectivity index is 2.67. The largest absolute Gasteiger partial charge is 0.495 e. The molecule has 0 atom stereocenters. The van der Waals surface area contributed by atoms with Crippen LogP contribution in [0, 0.1) is 0 Å². The Morgan fingerprint density at radius 2 is 2.05 bits per heavy atom. The van der Waals surface area contributed by atoms with Gasteiger partial charge in [0.15, 0.2) is 0 Å². The van der Waals surface area contributed by atoms with E-state index in [4.69, 9.17) is 17.3 Å². The highest BCUT2D eigenvalue weighted by Gasteiger charge is 2.36. The van der Waals surface area contributed by atoms with E-state index >= 15 is 0 Å². The summed E-state index contributed by atoms with van der Waals surface area (Å²) >= 11 is 5.79. The smallest absolute Gasteiger partial charge is 0.420 e. The third-order valence-corrected chi connectivity index (χ3v) is 2.74. The average Bonchev–Trinajstić information content (AvgIpc) is 2.73. The summed E-state index contributed by atoms with van der Waals surface area (Å²) in [5.41, 5.74) is 4.86. The summed E-state index contributed by atoms with van der Waals surface area (Å²) in [5, 5.41) is 3.23. The summed E-state index contributed by atoms with van der Waals surface area (Å²) in [4.78, 5) is 0. The molecule has 2 rings (SSSR count). The van der Waals surface area contributed by atoms with Gasteiger partial charge in [-0.2, -0.15) is 13.2 Å². The molecular formula is C11H8ClF3N2O2. The second kappa shape index (κ2) is 4.65. The fourth-order valence-electron chi connectivity index (χ4n) is 1.63. The molecule has 0 saturated heterocycles. The Kier molecular flexibility index (Phi) is 3.32. The summed E-state index contributed by atoms with van der Waals surface area (Å²) in [7, 11) is 1.11. The molecule has 0 radical (unpaired) electrons. The molecule has 2 N–H and O–H groups in total. The minimum Gasteiger partial charge on any atom is -0.495 e. The normalized spacial score (nSPS) is 11.6. The number of halogens is 4. The molecule has 1 heterocycles. The average molecular weight is 293 g/mol. The van der Waals surface area contributed by atoms with Crippen molar-refractivity contribution in [2.24, 2.45) is 0 Å². The Morgan fingerprint density at radius 3 is 2.53 bits per heavy atom. The Morgan fingerprint density at radius 1 is 1.37 bits per heavy atom. The fraction of sp³-hybridized carbons (Fsp3) is 0.182. The van der Waals surface area contributed by atoms with Crippen LogP contribution in [0.3, 0.4) is 0 Å². The van der Waals surface area contributed by atoms with E-state index in [0.29, 0.717) is 0 Å². The monoisotopic (exact) mass is 292 g/mol. The molecule has 0 saturated carbocycles. The first-order valence-corrected chi connectivity index (χ1v) is 5.37. The summed E-state index contributed by atoms with van der Waals surface area (Å²) in [6.45, 7) is 0. The Labute approximate surface area is 110 Å². The molecule has 0 aliphatic heterocycles. The molecule has 2 aromatic rings. The minimum absolute atomic E-state index is 0.0886. The summed E-state index contributed by atoms with van der Waals surface area (Å²) < 4.78 is 48.1. The number of nitrogens with zero attached hydrogens (tertiary/aromatic N) is 1. The minimum atomic E-state index is -4.60. The quantitative estimate of drug-likeness (QED) is 0.918. The molecule has 1 aromatic heterocycles. The van der Waals surface area contributed by atoms with Crippen LogP contribution < -0.4 is 10.5 Å². The number of aromatic nitrogens is 1. The highest BCUT2D eigenvalue weighted by molar-refractivity contribution is 6.32. The van der Waals surface area contributed by atoms with Crippen molar-refractivity contribution in [1.82, 2.24) is 5.16 Å².